The Bertz CT molecular complexity index is 1110. The molecule has 1 aliphatic heterocycles. The third-order valence-corrected chi connectivity index (χ3v) is 5.67. The first-order valence-corrected chi connectivity index (χ1v) is 10.9. The highest BCUT2D eigenvalue weighted by molar-refractivity contribution is 7.98. The predicted molar refractivity (Wildman–Crippen MR) is 119 cm³/mol. The SMILES string of the molecule is CCCC(=O)Nc1ccccc1-c1nn(C)c2[n+]1-c1ccc(SC)cc1C=NC2.[OH-]. The van der Waals surface area contributed by atoms with Crippen LogP contribution in [0.15, 0.2) is 52.4 Å². The van der Waals surface area contributed by atoms with Crippen molar-refractivity contribution in [3.8, 4) is 17.1 Å². The van der Waals surface area contributed by atoms with Gasteiger partial charge in [-0.3, -0.25) is 9.79 Å². The minimum absolute atomic E-state index is 0. The van der Waals surface area contributed by atoms with Crippen molar-refractivity contribution in [2.24, 2.45) is 12.0 Å². The van der Waals surface area contributed by atoms with Crippen molar-refractivity contribution in [1.82, 2.24) is 9.78 Å². The Morgan fingerprint density at radius 2 is 2.07 bits per heavy atom. The molecule has 0 bridgehead atoms. The maximum Gasteiger partial charge on any atom is 0.316 e. The zero-order valence-electron chi connectivity index (χ0n) is 17.3. The van der Waals surface area contributed by atoms with Gasteiger partial charge < -0.3 is 10.8 Å². The molecule has 0 atom stereocenters. The highest BCUT2D eigenvalue weighted by atomic mass is 32.2. The lowest BCUT2D eigenvalue weighted by Gasteiger charge is -2.10. The molecule has 8 heteroatoms. The van der Waals surface area contributed by atoms with Gasteiger partial charge in [0.1, 0.15) is 12.2 Å². The van der Waals surface area contributed by atoms with Crippen LogP contribution in [0, 0.1) is 0 Å². The first kappa shape index (κ1) is 21.7. The third kappa shape index (κ3) is 4.01. The van der Waals surface area contributed by atoms with Gasteiger partial charge in [0.25, 0.3) is 5.82 Å². The number of aromatic nitrogens is 3. The summed E-state index contributed by atoms with van der Waals surface area (Å²) in [4.78, 5) is 18.0. The van der Waals surface area contributed by atoms with Crippen LogP contribution in [0.25, 0.3) is 17.1 Å². The lowest BCUT2D eigenvalue weighted by atomic mass is 10.1. The second-order valence-corrected chi connectivity index (χ2v) is 7.82. The number of hydrogen-bond acceptors (Lipinski definition) is 5. The first-order chi connectivity index (χ1) is 14.1. The number of hydrogen-bond donors (Lipinski definition) is 1. The van der Waals surface area contributed by atoms with Crippen molar-refractivity contribution in [3.63, 3.8) is 0 Å². The van der Waals surface area contributed by atoms with Crippen LogP contribution in [0.4, 0.5) is 5.69 Å². The number of aliphatic imine (C=N–C) groups is 1. The molecule has 2 aromatic carbocycles. The highest BCUT2D eigenvalue weighted by Crippen LogP contribution is 2.28. The van der Waals surface area contributed by atoms with E-state index in [9.17, 15) is 4.79 Å². The third-order valence-electron chi connectivity index (χ3n) is 4.95. The van der Waals surface area contributed by atoms with Crippen LogP contribution in [0.5, 0.6) is 0 Å². The van der Waals surface area contributed by atoms with E-state index in [0.29, 0.717) is 13.0 Å². The van der Waals surface area contributed by atoms with E-state index in [1.165, 1.54) is 4.90 Å². The summed E-state index contributed by atoms with van der Waals surface area (Å²) in [5.74, 6) is 1.79. The number of amides is 1. The van der Waals surface area contributed by atoms with Gasteiger partial charge in [0, 0.05) is 28.2 Å². The number of anilines is 1. The van der Waals surface area contributed by atoms with Crippen LogP contribution in [0.2, 0.25) is 0 Å². The topological polar surface area (TPSA) is 93.2 Å². The Balaban J connectivity index is 0.00000256. The first-order valence-electron chi connectivity index (χ1n) is 9.67. The quantitative estimate of drug-likeness (QED) is 0.501. The van der Waals surface area contributed by atoms with Gasteiger partial charge in [-0.15, -0.1) is 16.4 Å². The molecule has 2 heterocycles. The second-order valence-electron chi connectivity index (χ2n) is 6.94. The molecule has 7 nitrogen and oxygen atoms in total. The number of thioether (sulfide) groups is 1. The van der Waals surface area contributed by atoms with Gasteiger partial charge in [-0.05, 0) is 43.0 Å². The number of benzene rings is 2. The van der Waals surface area contributed by atoms with Crippen molar-refractivity contribution in [2.45, 2.75) is 31.2 Å². The number of carbonyl (C=O) groups excluding carboxylic acids is 1. The minimum Gasteiger partial charge on any atom is -0.870 e. The fraction of sp³-hybridized carbons (Fsp3) is 0.273. The summed E-state index contributed by atoms with van der Waals surface area (Å²) in [5, 5.41) is 7.86. The molecule has 0 spiro atoms. The molecule has 30 heavy (non-hydrogen) atoms. The molecule has 1 aliphatic rings. The van der Waals surface area contributed by atoms with E-state index in [1.54, 1.807) is 11.8 Å². The molecule has 3 aromatic rings. The second kappa shape index (κ2) is 9.23. The van der Waals surface area contributed by atoms with Gasteiger partial charge in [0.2, 0.25) is 5.91 Å². The molecular weight excluding hydrogens is 398 g/mol. The van der Waals surface area contributed by atoms with E-state index in [1.807, 2.05) is 49.1 Å². The number of carbonyl (C=O) groups is 1. The van der Waals surface area contributed by atoms with E-state index in [-0.39, 0.29) is 11.4 Å². The molecule has 1 amide bonds. The summed E-state index contributed by atoms with van der Waals surface area (Å²) in [6.45, 7) is 2.54. The zero-order valence-corrected chi connectivity index (χ0v) is 18.1. The summed E-state index contributed by atoms with van der Waals surface area (Å²) in [6.07, 6.45) is 5.31. The number of fused-ring (bicyclic) bond motifs is 3. The summed E-state index contributed by atoms with van der Waals surface area (Å²) in [7, 11) is 1.93. The Kier molecular flexibility index (Phi) is 6.69. The largest absolute Gasteiger partial charge is 0.870 e. The zero-order chi connectivity index (χ0) is 20.4. The predicted octanol–water partition coefficient (Wildman–Crippen LogP) is 3.58. The van der Waals surface area contributed by atoms with Crippen LogP contribution < -0.4 is 9.88 Å². The van der Waals surface area contributed by atoms with Crippen molar-refractivity contribution in [3.05, 3.63) is 53.9 Å². The molecule has 0 saturated heterocycles. The number of nitrogens with zero attached hydrogens (tertiary/aromatic N) is 4. The number of aryl methyl sites for hydroxylation is 1. The van der Waals surface area contributed by atoms with E-state index >= 15 is 0 Å². The van der Waals surface area contributed by atoms with E-state index in [4.69, 9.17) is 5.10 Å². The summed E-state index contributed by atoms with van der Waals surface area (Å²) in [6, 6.07) is 14.2. The van der Waals surface area contributed by atoms with Crippen molar-refractivity contribution in [2.75, 3.05) is 11.6 Å². The van der Waals surface area contributed by atoms with Crippen LogP contribution in [0.1, 0.15) is 31.2 Å². The molecule has 0 saturated carbocycles. The van der Waals surface area contributed by atoms with E-state index in [0.717, 1.165) is 40.6 Å². The molecule has 4 rings (SSSR count). The normalized spacial score (nSPS) is 11.8. The molecule has 0 unspecified atom stereocenters. The number of nitrogens with one attached hydrogen (secondary N) is 1. The molecule has 2 N–H and O–H groups in total. The lowest BCUT2D eigenvalue weighted by Crippen LogP contribution is -2.37. The van der Waals surface area contributed by atoms with Crippen molar-refractivity contribution >= 4 is 29.6 Å². The van der Waals surface area contributed by atoms with Crippen LogP contribution >= 0.6 is 11.8 Å². The lowest BCUT2D eigenvalue weighted by molar-refractivity contribution is -0.593. The van der Waals surface area contributed by atoms with Gasteiger partial charge in [-0.1, -0.05) is 19.1 Å². The number of rotatable bonds is 5. The van der Waals surface area contributed by atoms with Gasteiger partial charge in [0.05, 0.1) is 18.3 Å². The van der Waals surface area contributed by atoms with E-state index < -0.39 is 0 Å². The standard InChI is InChI=1S/C22H23N5OS.H2O/c1-4-7-20(28)24-18-9-6-5-8-17(18)22-25-26(2)21-14-23-13-15-12-16(29-3)10-11-19(15)27(21)22;/h5-6,8-13H,4,7,14H2,1-3H3;1H2. The molecule has 1 aromatic heterocycles. The maximum atomic E-state index is 12.2. The minimum atomic E-state index is 0. The summed E-state index contributed by atoms with van der Waals surface area (Å²) < 4.78 is 4.02. The monoisotopic (exact) mass is 423 g/mol. The van der Waals surface area contributed by atoms with Gasteiger partial charge in [-0.25, -0.2) is 0 Å². The maximum absolute atomic E-state index is 12.2. The van der Waals surface area contributed by atoms with Crippen LogP contribution in [-0.4, -0.2) is 33.6 Å². The fourth-order valence-electron chi connectivity index (χ4n) is 3.53. The number of para-hydroxylation sites is 1. The molecule has 0 aliphatic carbocycles. The smallest absolute Gasteiger partial charge is 0.316 e. The molecule has 0 fully saturated rings. The van der Waals surface area contributed by atoms with Crippen LogP contribution in [-0.2, 0) is 18.4 Å². The fourth-order valence-corrected chi connectivity index (χ4v) is 3.98. The van der Waals surface area contributed by atoms with Gasteiger partial charge in [-0.2, -0.15) is 4.57 Å². The molecule has 0 radical (unpaired) electrons. The summed E-state index contributed by atoms with van der Waals surface area (Å²) >= 11 is 1.71. The van der Waals surface area contributed by atoms with Gasteiger partial charge in [0.15, 0.2) is 0 Å². The van der Waals surface area contributed by atoms with Crippen molar-refractivity contribution < 1.29 is 14.8 Å². The Labute approximate surface area is 180 Å². The molecule has 156 valence electrons. The average molecular weight is 424 g/mol. The Morgan fingerprint density at radius 3 is 2.83 bits per heavy atom. The highest BCUT2D eigenvalue weighted by Gasteiger charge is 2.30. The van der Waals surface area contributed by atoms with E-state index in [2.05, 4.69) is 39.3 Å². The Morgan fingerprint density at radius 1 is 1.27 bits per heavy atom. The summed E-state index contributed by atoms with van der Waals surface area (Å²) in [5.41, 5.74) is 3.76. The van der Waals surface area contributed by atoms with Crippen molar-refractivity contribution in [1.29, 1.82) is 0 Å². The van der Waals surface area contributed by atoms with Crippen LogP contribution in [0.3, 0.4) is 0 Å². The Hall–Kier alpha value is -2.97. The van der Waals surface area contributed by atoms with Gasteiger partial charge >= 0.3 is 5.82 Å². The molecular formula is C22H25N5O2S. The average Bonchev–Trinajstić information content (AvgIpc) is 2.92.